The molecule has 0 aliphatic carbocycles. The van der Waals surface area contributed by atoms with Gasteiger partial charge >= 0.3 is 7.12 Å². The summed E-state index contributed by atoms with van der Waals surface area (Å²) in [5.41, 5.74) is 0.592. The van der Waals surface area contributed by atoms with Gasteiger partial charge in [-0.2, -0.15) is 0 Å². The number of fused-ring (bicyclic) bond motifs is 2. The van der Waals surface area contributed by atoms with E-state index in [9.17, 15) is 4.79 Å². The Bertz CT molecular complexity index is 663. The van der Waals surface area contributed by atoms with Crippen LogP contribution in [0.4, 0.5) is 0 Å². The van der Waals surface area contributed by atoms with E-state index in [4.69, 9.17) is 14.0 Å². The molecule has 26 heavy (non-hydrogen) atoms. The van der Waals surface area contributed by atoms with Crippen molar-refractivity contribution in [2.45, 2.75) is 63.8 Å². The summed E-state index contributed by atoms with van der Waals surface area (Å²) in [6.07, 6.45) is 3.34. The molecule has 4 heterocycles. The van der Waals surface area contributed by atoms with Crippen molar-refractivity contribution in [3.8, 4) is 0 Å². The van der Waals surface area contributed by atoms with E-state index in [0.717, 1.165) is 18.3 Å². The summed E-state index contributed by atoms with van der Waals surface area (Å²) >= 11 is 0. The second kappa shape index (κ2) is 6.41. The first-order valence-corrected chi connectivity index (χ1v) is 9.45. The number of carbonyl (C=O) groups is 1. The van der Waals surface area contributed by atoms with E-state index in [1.54, 1.807) is 12.3 Å². The number of aromatic nitrogens is 1. The second-order valence-electron chi connectivity index (χ2n) is 8.70. The van der Waals surface area contributed by atoms with Crippen LogP contribution in [-0.4, -0.2) is 54.4 Å². The molecule has 1 aromatic heterocycles. The second-order valence-corrected chi connectivity index (χ2v) is 8.70. The molecule has 1 N–H and O–H groups in total. The number of ketones is 1. The Morgan fingerprint density at radius 3 is 2.27 bits per heavy atom. The highest BCUT2D eigenvalue weighted by molar-refractivity contribution is 6.62. The van der Waals surface area contributed by atoms with Gasteiger partial charge in [0.1, 0.15) is 5.69 Å². The maximum absolute atomic E-state index is 12.9. The summed E-state index contributed by atoms with van der Waals surface area (Å²) in [5, 5.41) is 3.52. The van der Waals surface area contributed by atoms with Gasteiger partial charge in [0.15, 0.2) is 5.78 Å². The molecule has 0 radical (unpaired) electrons. The van der Waals surface area contributed by atoms with Crippen molar-refractivity contribution in [1.29, 1.82) is 0 Å². The van der Waals surface area contributed by atoms with E-state index in [2.05, 4.69) is 10.3 Å². The molecule has 6 nitrogen and oxygen atoms in total. The Morgan fingerprint density at radius 1 is 1.12 bits per heavy atom. The first-order valence-electron chi connectivity index (χ1n) is 9.45. The number of piperidine rings is 1. The minimum absolute atomic E-state index is 0.0188. The van der Waals surface area contributed by atoms with Crippen molar-refractivity contribution in [2.24, 2.45) is 5.92 Å². The molecule has 2 bridgehead atoms. The molecule has 0 aromatic carbocycles. The molecule has 1 aromatic rings. The third-order valence-corrected chi connectivity index (χ3v) is 6.18. The lowest BCUT2D eigenvalue weighted by Crippen LogP contribution is -2.55. The van der Waals surface area contributed by atoms with Crippen LogP contribution in [0.5, 0.6) is 0 Å². The monoisotopic (exact) mass is 358 g/mol. The molecule has 140 valence electrons. The van der Waals surface area contributed by atoms with Crippen LogP contribution in [0, 0.1) is 5.92 Å². The van der Waals surface area contributed by atoms with Crippen LogP contribution in [0.3, 0.4) is 0 Å². The molecule has 3 aliphatic rings. The average Bonchev–Trinajstić information content (AvgIpc) is 2.82. The Hall–Kier alpha value is -1.28. The lowest BCUT2D eigenvalue weighted by Gasteiger charge is -2.39. The van der Waals surface area contributed by atoms with E-state index in [1.807, 2.05) is 33.8 Å². The van der Waals surface area contributed by atoms with Crippen LogP contribution in [0.25, 0.3) is 0 Å². The van der Waals surface area contributed by atoms with E-state index >= 15 is 0 Å². The van der Waals surface area contributed by atoms with E-state index in [0.29, 0.717) is 18.9 Å². The third kappa shape index (κ3) is 3.22. The fourth-order valence-corrected chi connectivity index (χ4v) is 3.93. The number of hydrogen-bond donors (Lipinski definition) is 1. The number of pyridine rings is 1. The van der Waals surface area contributed by atoms with Crippen LogP contribution in [-0.2, 0) is 14.0 Å². The summed E-state index contributed by atoms with van der Waals surface area (Å²) in [6.45, 7) is 9.47. The zero-order chi connectivity index (χ0) is 18.5. The molecule has 3 saturated heterocycles. The van der Waals surface area contributed by atoms with Crippen LogP contribution >= 0.6 is 0 Å². The highest BCUT2D eigenvalue weighted by Gasteiger charge is 2.51. The van der Waals surface area contributed by atoms with Gasteiger partial charge in [-0.25, -0.2) is 0 Å². The van der Waals surface area contributed by atoms with Crippen molar-refractivity contribution >= 4 is 18.4 Å². The number of rotatable bonds is 3. The van der Waals surface area contributed by atoms with Gasteiger partial charge in [0.2, 0.25) is 0 Å². The SMILES string of the molecule is CC1(C)OB(c2ccc(C(=O)C3CC4COCC(C3)N4)nc2)OC1(C)C. The highest BCUT2D eigenvalue weighted by atomic mass is 16.7. The summed E-state index contributed by atoms with van der Waals surface area (Å²) in [4.78, 5) is 17.3. The van der Waals surface area contributed by atoms with Gasteiger partial charge in [-0.3, -0.25) is 9.78 Å². The molecule has 0 amide bonds. The van der Waals surface area contributed by atoms with Crippen LogP contribution in [0.15, 0.2) is 18.3 Å². The van der Waals surface area contributed by atoms with Crippen molar-refractivity contribution in [1.82, 2.24) is 10.3 Å². The number of carbonyl (C=O) groups excluding carboxylic acids is 1. The van der Waals surface area contributed by atoms with Crippen molar-refractivity contribution in [3.05, 3.63) is 24.0 Å². The predicted octanol–water partition coefficient (Wildman–Crippen LogP) is 1.33. The average molecular weight is 358 g/mol. The van der Waals surface area contributed by atoms with Crippen LogP contribution in [0.1, 0.15) is 51.0 Å². The minimum Gasteiger partial charge on any atom is -0.399 e. The molecular weight excluding hydrogens is 331 g/mol. The maximum Gasteiger partial charge on any atom is 0.496 e. The summed E-state index contributed by atoms with van der Waals surface area (Å²) in [6, 6.07) is 4.26. The lowest BCUT2D eigenvalue weighted by atomic mass is 9.79. The summed E-state index contributed by atoms with van der Waals surface area (Å²) < 4.78 is 17.7. The van der Waals surface area contributed by atoms with Gasteiger partial charge in [0.25, 0.3) is 0 Å². The Morgan fingerprint density at radius 2 is 1.73 bits per heavy atom. The highest BCUT2D eigenvalue weighted by Crippen LogP contribution is 2.36. The first-order chi connectivity index (χ1) is 12.2. The number of nitrogens with zero attached hydrogens (tertiary/aromatic N) is 1. The standard InChI is InChI=1S/C19H27BN2O4/c1-18(2)19(3,4)26-20(25-18)13-5-6-16(21-9-13)17(23)12-7-14-10-24-11-15(8-12)22-14/h5-6,9,12,14-15,22H,7-8,10-11H2,1-4H3. The molecule has 3 aliphatic heterocycles. The zero-order valence-corrected chi connectivity index (χ0v) is 16.0. The fraction of sp³-hybridized carbons (Fsp3) is 0.684. The molecule has 2 atom stereocenters. The number of hydrogen-bond acceptors (Lipinski definition) is 6. The van der Waals surface area contributed by atoms with E-state index in [-0.39, 0.29) is 35.0 Å². The molecule has 2 unspecified atom stereocenters. The number of Topliss-reactive ketones (excluding diaryl/α,β-unsaturated/α-hetero) is 1. The predicted molar refractivity (Wildman–Crippen MR) is 98.5 cm³/mol. The Balaban J connectivity index is 1.46. The Labute approximate surface area is 155 Å². The minimum atomic E-state index is -0.452. The Kier molecular flexibility index (Phi) is 4.46. The van der Waals surface area contributed by atoms with Gasteiger partial charge in [-0.05, 0) is 46.6 Å². The third-order valence-electron chi connectivity index (χ3n) is 6.18. The maximum atomic E-state index is 12.9. The fourth-order valence-electron chi connectivity index (χ4n) is 3.93. The topological polar surface area (TPSA) is 69.7 Å². The molecule has 4 rings (SSSR count). The number of nitrogens with one attached hydrogen (secondary N) is 1. The van der Waals surface area contributed by atoms with Crippen molar-refractivity contribution in [2.75, 3.05) is 13.2 Å². The summed E-state index contributed by atoms with van der Waals surface area (Å²) in [7, 11) is -0.452. The van der Waals surface area contributed by atoms with E-state index in [1.165, 1.54) is 0 Å². The molecule has 3 fully saturated rings. The largest absolute Gasteiger partial charge is 0.496 e. The number of ether oxygens (including phenoxy) is 1. The smallest absolute Gasteiger partial charge is 0.399 e. The zero-order valence-electron chi connectivity index (χ0n) is 16.0. The van der Waals surface area contributed by atoms with Gasteiger partial charge in [0, 0.05) is 29.7 Å². The molecular formula is C19H27BN2O4. The number of morpholine rings is 1. The lowest BCUT2D eigenvalue weighted by molar-refractivity contribution is 0.00578. The molecule has 0 spiro atoms. The van der Waals surface area contributed by atoms with Crippen LogP contribution in [0.2, 0.25) is 0 Å². The first kappa shape index (κ1) is 18.1. The van der Waals surface area contributed by atoms with Crippen LogP contribution < -0.4 is 10.8 Å². The summed E-state index contributed by atoms with van der Waals surface area (Å²) in [5.74, 6) is 0.147. The molecule has 7 heteroatoms. The quantitative estimate of drug-likeness (QED) is 0.650. The molecule has 0 saturated carbocycles. The van der Waals surface area contributed by atoms with Crippen molar-refractivity contribution in [3.63, 3.8) is 0 Å². The van der Waals surface area contributed by atoms with E-state index < -0.39 is 7.12 Å². The van der Waals surface area contributed by atoms with Gasteiger partial charge in [0.05, 0.1) is 24.4 Å². The van der Waals surface area contributed by atoms with Gasteiger partial charge in [-0.15, -0.1) is 0 Å². The van der Waals surface area contributed by atoms with Crippen molar-refractivity contribution < 1.29 is 18.8 Å². The van der Waals surface area contributed by atoms with Gasteiger partial charge < -0.3 is 19.4 Å². The normalized spacial score (nSPS) is 32.5. The van der Waals surface area contributed by atoms with Gasteiger partial charge in [-0.1, -0.05) is 6.07 Å².